The van der Waals surface area contributed by atoms with Crippen LogP contribution in [0.4, 0.5) is 11.4 Å². The zero-order valence-electron chi connectivity index (χ0n) is 13.0. The molecule has 22 heavy (non-hydrogen) atoms. The van der Waals surface area contributed by atoms with E-state index in [0.717, 1.165) is 5.69 Å². The van der Waals surface area contributed by atoms with Gasteiger partial charge >= 0.3 is 0 Å². The number of carbonyl (C=O) groups excluding carboxylic acids is 1. The molecule has 0 heterocycles. The third-order valence-corrected chi connectivity index (χ3v) is 3.26. The number of ether oxygens (including phenoxy) is 2. The van der Waals surface area contributed by atoms with Crippen molar-refractivity contribution in [2.24, 2.45) is 0 Å². The lowest BCUT2D eigenvalue weighted by atomic mass is 10.2. The van der Waals surface area contributed by atoms with E-state index in [1.165, 1.54) is 0 Å². The fourth-order valence-electron chi connectivity index (χ4n) is 2.08. The number of carbonyl (C=O) groups is 1. The third kappa shape index (κ3) is 3.91. The predicted molar refractivity (Wildman–Crippen MR) is 87.9 cm³/mol. The third-order valence-electron chi connectivity index (χ3n) is 3.26. The van der Waals surface area contributed by atoms with Gasteiger partial charge in [-0.2, -0.15) is 0 Å². The average Bonchev–Trinajstić information content (AvgIpc) is 2.55. The van der Waals surface area contributed by atoms with E-state index in [0.29, 0.717) is 17.2 Å². The summed E-state index contributed by atoms with van der Waals surface area (Å²) in [4.78, 5) is 14.1. The number of likely N-dealkylation sites (N-methyl/N-ethyl adjacent to an activating group) is 1. The lowest BCUT2D eigenvalue weighted by Crippen LogP contribution is -2.30. The summed E-state index contributed by atoms with van der Waals surface area (Å²) in [6.07, 6.45) is 0. The Kier molecular flexibility index (Phi) is 5.25. The molecule has 0 unspecified atom stereocenters. The summed E-state index contributed by atoms with van der Waals surface area (Å²) >= 11 is 0. The Balaban J connectivity index is 2.03. The quantitative estimate of drug-likeness (QED) is 0.891. The van der Waals surface area contributed by atoms with E-state index >= 15 is 0 Å². The lowest BCUT2D eigenvalue weighted by molar-refractivity contribution is -0.114. The molecule has 0 spiro atoms. The number of methoxy groups -OCH3 is 2. The summed E-state index contributed by atoms with van der Waals surface area (Å²) in [5.74, 6) is 1.13. The molecule has 0 atom stereocenters. The van der Waals surface area contributed by atoms with Gasteiger partial charge in [0.25, 0.3) is 0 Å². The molecule has 0 saturated carbocycles. The molecule has 0 aromatic heterocycles. The highest BCUT2D eigenvalue weighted by Crippen LogP contribution is 2.29. The van der Waals surface area contributed by atoms with Crippen molar-refractivity contribution in [2.45, 2.75) is 0 Å². The second-order valence-electron chi connectivity index (χ2n) is 4.81. The maximum absolute atomic E-state index is 12.2. The van der Waals surface area contributed by atoms with Crippen LogP contribution in [0.15, 0.2) is 48.5 Å². The summed E-state index contributed by atoms with van der Waals surface area (Å²) in [5.41, 5.74) is 1.61. The smallest absolute Gasteiger partial charge is 0.243 e. The first-order valence-corrected chi connectivity index (χ1v) is 6.92. The summed E-state index contributed by atoms with van der Waals surface area (Å²) in [7, 11) is 5.02. The topological polar surface area (TPSA) is 50.8 Å². The number of rotatable bonds is 6. The van der Waals surface area contributed by atoms with Crippen molar-refractivity contribution in [3.8, 4) is 11.5 Å². The van der Waals surface area contributed by atoms with Crippen LogP contribution in [0.3, 0.4) is 0 Å². The molecule has 0 saturated heterocycles. The molecule has 1 amide bonds. The predicted octanol–water partition coefficient (Wildman–Crippen LogP) is 2.78. The first-order chi connectivity index (χ1) is 10.6. The van der Waals surface area contributed by atoms with Crippen LogP contribution < -0.4 is 19.7 Å². The number of hydrogen-bond acceptors (Lipinski definition) is 4. The van der Waals surface area contributed by atoms with Gasteiger partial charge < -0.3 is 19.7 Å². The fourth-order valence-corrected chi connectivity index (χ4v) is 2.08. The Morgan fingerprint density at radius 1 is 1.09 bits per heavy atom. The average molecular weight is 300 g/mol. The molecule has 0 aliphatic carbocycles. The Hall–Kier alpha value is -2.69. The fraction of sp³-hybridized carbons (Fsp3) is 0.235. The van der Waals surface area contributed by atoms with E-state index in [4.69, 9.17) is 9.47 Å². The molecule has 0 aliphatic heterocycles. The van der Waals surface area contributed by atoms with Crippen molar-refractivity contribution >= 4 is 17.3 Å². The molecule has 0 aliphatic rings. The monoisotopic (exact) mass is 300 g/mol. The van der Waals surface area contributed by atoms with Crippen LogP contribution in [0.1, 0.15) is 0 Å². The van der Waals surface area contributed by atoms with Crippen LogP contribution in [0, 0.1) is 0 Å². The van der Waals surface area contributed by atoms with E-state index in [2.05, 4.69) is 5.32 Å². The maximum Gasteiger partial charge on any atom is 0.243 e. The molecule has 0 bridgehead atoms. The molecule has 5 heteroatoms. The summed E-state index contributed by atoms with van der Waals surface area (Å²) in [6.45, 7) is 0.249. The van der Waals surface area contributed by atoms with Crippen LogP contribution in [0.25, 0.3) is 0 Å². The molecule has 5 nitrogen and oxygen atoms in total. The zero-order chi connectivity index (χ0) is 15.9. The van der Waals surface area contributed by atoms with Gasteiger partial charge in [-0.25, -0.2) is 0 Å². The lowest BCUT2D eigenvalue weighted by Gasteiger charge is -2.19. The van der Waals surface area contributed by atoms with Crippen molar-refractivity contribution in [2.75, 3.05) is 38.0 Å². The van der Waals surface area contributed by atoms with Gasteiger partial charge in [-0.15, -0.1) is 0 Å². The number of anilines is 2. The van der Waals surface area contributed by atoms with E-state index in [1.807, 2.05) is 42.3 Å². The first kappa shape index (κ1) is 15.7. The van der Waals surface area contributed by atoms with Gasteiger partial charge in [-0.05, 0) is 24.3 Å². The first-order valence-electron chi connectivity index (χ1n) is 6.92. The van der Waals surface area contributed by atoms with Crippen molar-refractivity contribution in [1.29, 1.82) is 0 Å². The molecule has 0 radical (unpaired) electrons. The van der Waals surface area contributed by atoms with Gasteiger partial charge in [0.1, 0.15) is 11.5 Å². The standard InChI is InChI=1S/C17H20N2O3/c1-19(13-7-5-4-6-8-13)12-17(20)18-15-10-9-14(21-2)11-16(15)22-3/h4-11H,12H2,1-3H3,(H,18,20). The maximum atomic E-state index is 12.2. The Labute approximate surface area is 130 Å². The van der Waals surface area contributed by atoms with Gasteiger partial charge in [0.2, 0.25) is 5.91 Å². The molecular weight excluding hydrogens is 280 g/mol. The highest BCUT2D eigenvalue weighted by molar-refractivity contribution is 5.95. The second-order valence-corrected chi connectivity index (χ2v) is 4.81. The van der Waals surface area contributed by atoms with E-state index < -0.39 is 0 Å². The normalized spacial score (nSPS) is 9.95. The van der Waals surface area contributed by atoms with Crippen molar-refractivity contribution in [3.63, 3.8) is 0 Å². The highest BCUT2D eigenvalue weighted by Gasteiger charge is 2.11. The van der Waals surface area contributed by atoms with Crippen LogP contribution in [-0.4, -0.2) is 33.7 Å². The van der Waals surface area contributed by atoms with E-state index in [-0.39, 0.29) is 12.5 Å². The Morgan fingerprint density at radius 3 is 2.45 bits per heavy atom. The molecule has 2 aromatic rings. The minimum atomic E-state index is -0.116. The number of amides is 1. The largest absolute Gasteiger partial charge is 0.497 e. The van der Waals surface area contributed by atoms with Crippen molar-refractivity contribution in [1.82, 2.24) is 0 Å². The Bertz CT molecular complexity index is 629. The number of hydrogen-bond donors (Lipinski definition) is 1. The number of nitrogens with zero attached hydrogens (tertiary/aromatic N) is 1. The van der Waals surface area contributed by atoms with Gasteiger partial charge in [0.05, 0.1) is 26.5 Å². The van der Waals surface area contributed by atoms with Gasteiger partial charge in [-0.1, -0.05) is 18.2 Å². The minimum Gasteiger partial charge on any atom is -0.497 e. The van der Waals surface area contributed by atoms with Crippen molar-refractivity contribution < 1.29 is 14.3 Å². The number of para-hydroxylation sites is 1. The highest BCUT2D eigenvalue weighted by atomic mass is 16.5. The summed E-state index contributed by atoms with van der Waals surface area (Å²) < 4.78 is 10.4. The Morgan fingerprint density at radius 2 is 1.82 bits per heavy atom. The van der Waals surface area contributed by atoms with Crippen molar-refractivity contribution in [3.05, 3.63) is 48.5 Å². The zero-order valence-corrected chi connectivity index (χ0v) is 13.0. The summed E-state index contributed by atoms with van der Waals surface area (Å²) in [5, 5.41) is 2.85. The van der Waals surface area contributed by atoms with E-state index in [9.17, 15) is 4.79 Å². The van der Waals surface area contributed by atoms with Crippen LogP contribution in [0.2, 0.25) is 0 Å². The van der Waals surface area contributed by atoms with Crippen LogP contribution in [-0.2, 0) is 4.79 Å². The second kappa shape index (κ2) is 7.36. The molecule has 0 fully saturated rings. The summed E-state index contributed by atoms with van der Waals surface area (Å²) in [6, 6.07) is 15.0. The molecule has 2 rings (SSSR count). The van der Waals surface area contributed by atoms with Gasteiger partial charge in [0.15, 0.2) is 0 Å². The van der Waals surface area contributed by atoms with Gasteiger partial charge in [0, 0.05) is 18.8 Å². The van der Waals surface area contributed by atoms with Gasteiger partial charge in [-0.3, -0.25) is 4.79 Å². The number of nitrogens with one attached hydrogen (secondary N) is 1. The molecule has 2 aromatic carbocycles. The molecule has 116 valence electrons. The van der Waals surface area contributed by atoms with Crippen LogP contribution >= 0.6 is 0 Å². The van der Waals surface area contributed by atoms with Crippen LogP contribution in [0.5, 0.6) is 11.5 Å². The van der Waals surface area contributed by atoms with E-state index in [1.54, 1.807) is 32.4 Å². The molecule has 1 N–H and O–H groups in total. The molecular formula is C17H20N2O3. The SMILES string of the molecule is COc1ccc(NC(=O)CN(C)c2ccccc2)c(OC)c1. The number of benzene rings is 2. The minimum absolute atomic E-state index is 0.116.